The molecule has 0 heterocycles. The third-order valence-corrected chi connectivity index (χ3v) is 1.70. The van der Waals surface area contributed by atoms with Crippen molar-refractivity contribution in [2.45, 2.75) is 39.0 Å². The molecule has 0 unspecified atom stereocenters. The molecule has 0 rings (SSSR count). The van der Waals surface area contributed by atoms with Crippen LogP contribution < -0.4 is 11.2 Å². The molecule has 0 aliphatic carbocycles. The molecular weight excluding hydrogens is 184 g/mol. The molecule has 0 saturated carbocycles. The third kappa shape index (κ3) is 7.54. The number of hydrogen-bond donors (Lipinski definition) is 2. The normalized spacial score (nSPS) is 9.57. The van der Waals surface area contributed by atoms with Crippen molar-refractivity contribution in [3.8, 4) is 0 Å². The Morgan fingerprint density at radius 1 is 1.29 bits per heavy atom. The second-order valence-electron chi connectivity index (χ2n) is 3.01. The van der Waals surface area contributed by atoms with Crippen molar-refractivity contribution in [1.82, 2.24) is 5.48 Å². The Balaban J connectivity index is 3.32. The summed E-state index contributed by atoms with van der Waals surface area (Å²) in [6.07, 6.45) is 4.48. The summed E-state index contributed by atoms with van der Waals surface area (Å²) in [4.78, 5) is 25.9. The van der Waals surface area contributed by atoms with Crippen LogP contribution in [0.3, 0.4) is 0 Å². The fraction of sp³-hybridized carbons (Fsp3) is 0.778. The van der Waals surface area contributed by atoms with Gasteiger partial charge in [0, 0.05) is 6.42 Å². The first kappa shape index (κ1) is 12.9. The summed E-state index contributed by atoms with van der Waals surface area (Å²) in [5.41, 5.74) is 7.01. The molecule has 0 aromatic carbocycles. The molecule has 0 spiro atoms. The zero-order valence-corrected chi connectivity index (χ0v) is 8.54. The molecule has 0 saturated heterocycles. The van der Waals surface area contributed by atoms with Crippen LogP contribution in [0.25, 0.3) is 0 Å². The van der Waals surface area contributed by atoms with Gasteiger partial charge < -0.3 is 10.6 Å². The smallest absolute Gasteiger partial charge is 0.339 e. The Hall–Kier alpha value is -1.10. The minimum Gasteiger partial charge on any atom is -0.339 e. The third-order valence-electron chi connectivity index (χ3n) is 1.70. The van der Waals surface area contributed by atoms with Crippen LogP contribution in [-0.4, -0.2) is 18.4 Å². The first-order valence-electron chi connectivity index (χ1n) is 4.89. The van der Waals surface area contributed by atoms with E-state index in [1.165, 1.54) is 0 Å². The second-order valence-corrected chi connectivity index (χ2v) is 3.01. The van der Waals surface area contributed by atoms with E-state index in [1.54, 1.807) is 0 Å². The zero-order chi connectivity index (χ0) is 10.8. The maximum atomic E-state index is 11.0. The van der Waals surface area contributed by atoms with Crippen LogP contribution in [0.1, 0.15) is 39.0 Å². The van der Waals surface area contributed by atoms with Crippen molar-refractivity contribution < 1.29 is 14.4 Å². The van der Waals surface area contributed by atoms with E-state index in [0.29, 0.717) is 6.42 Å². The van der Waals surface area contributed by atoms with Crippen molar-refractivity contribution in [2.75, 3.05) is 6.54 Å². The lowest BCUT2D eigenvalue weighted by Gasteiger charge is -2.03. The van der Waals surface area contributed by atoms with Gasteiger partial charge in [-0.05, 0) is 6.42 Å². The average molecular weight is 202 g/mol. The van der Waals surface area contributed by atoms with Gasteiger partial charge in [0.15, 0.2) is 0 Å². The van der Waals surface area contributed by atoms with Gasteiger partial charge >= 0.3 is 5.97 Å². The number of hydrogen-bond acceptors (Lipinski definition) is 4. The minimum absolute atomic E-state index is 0.226. The van der Waals surface area contributed by atoms with E-state index in [2.05, 4.69) is 11.8 Å². The van der Waals surface area contributed by atoms with Crippen molar-refractivity contribution >= 4 is 11.9 Å². The SMILES string of the molecule is CCCCCCC(=O)NOC(=O)CN. The lowest BCUT2D eigenvalue weighted by Crippen LogP contribution is -2.30. The average Bonchev–Trinajstić information content (AvgIpc) is 2.21. The second kappa shape index (κ2) is 8.50. The van der Waals surface area contributed by atoms with Crippen molar-refractivity contribution in [1.29, 1.82) is 0 Å². The van der Waals surface area contributed by atoms with Gasteiger partial charge in [0.1, 0.15) is 0 Å². The molecule has 5 heteroatoms. The van der Waals surface area contributed by atoms with Crippen molar-refractivity contribution in [3.63, 3.8) is 0 Å². The highest BCUT2D eigenvalue weighted by molar-refractivity contribution is 5.78. The van der Waals surface area contributed by atoms with E-state index in [9.17, 15) is 9.59 Å². The number of rotatable bonds is 6. The number of nitrogens with two attached hydrogens (primary N) is 1. The van der Waals surface area contributed by atoms with E-state index in [1.807, 2.05) is 5.48 Å². The highest BCUT2D eigenvalue weighted by atomic mass is 16.7. The first-order valence-corrected chi connectivity index (χ1v) is 4.89. The van der Waals surface area contributed by atoms with Crippen LogP contribution in [0, 0.1) is 0 Å². The van der Waals surface area contributed by atoms with Crippen molar-refractivity contribution in [2.24, 2.45) is 5.73 Å². The Morgan fingerprint density at radius 2 is 2.00 bits per heavy atom. The molecule has 0 radical (unpaired) electrons. The van der Waals surface area contributed by atoms with E-state index in [-0.39, 0.29) is 12.5 Å². The Bertz CT molecular complexity index is 183. The summed E-state index contributed by atoms with van der Waals surface area (Å²) in [6.45, 7) is 1.87. The number of carbonyl (C=O) groups is 2. The molecule has 0 atom stereocenters. The molecule has 1 amide bonds. The molecule has 0 aromatic heterocycles. The van der Waals surface area contributed by atoms with Gasteiger partial charge in [0.2, 0.25) is 0 Å². The van der Waals surface area contributed by atoms with Gasteiger partial charge in [-0.25, -0.2) is 4.79 Å². The van der Waals surface area contributed by atoms with Crippen LogP contribution in [0.4, 0.5) is 0 Å². The van der Waals surface area contributed by atoms with Gasteiger partial charge in [0.05, 0.1) is 6.54 Å². The first-order chi connectivity index (χ1) is 6.70. The minimum atomic E-state index is -0.632. The van der Waals surface area contributed by atoms with Crippen molar-refractivity contribution in [3.05, 3.63) is 0 Å². The van der Waals surface area contributed by atoms with Crippen LogP contribution >= 0.6 is 0 Å². The lowest BCUT2D eigenvalue weighted by atomic mass is 10.1. The number of nitrogens with one attached hydrogen (secondary N) is 1. The molecule has 0 bridgehead atoms. The van der Waals surface area contributed by atoms with Gasteiger partial charge in [-0.1, -0.05) is 26.2 Å². The Labute approximate surface area is 83.9 Å². The molecule has 0 aliphatic heterocycles. The van der Waals surface area contributed by atoms with Crippen LogP contribution in [0.2, 0.25) is 0 Å². The number of amides is 1. The molecule has 5 nitrogen and oxygen atoms in total. The quantitative estimate of drug-likeness (QED) is 0.485. The summed E-state index contributed by atoms with van der Waals surface area (Å²) in [7, 11) is 0. The van der Waals surface area contributed by atoms with E-state index in [4.69, 9.17) is 5.73 Å². The molecule has 0 fully saturated rings. The summed E-state index contributed by atoms with van der Waals surface area (Å²) in [5, 5.41) is 0. The highest BCUT2D eigenvalue weighted by Gasteiger charge is 2.03. The maximum absolute atomic E-state index is 11.0. The fourth-order valence-electron chi connectivity index (χ4n) is 0.919. The molecule has 0 aromatic rings. The maximum Gasteiger partial charge on any atom is 0.345 e. The van der Waals surface area contributed by atoms with Gasteiger partial charge in [-0.2, -0.15) is 5.48 Å². The largest absolute Gasteiger partial charge is 0.345 e. The number of hydroxylamine groups is 1. The van der Waals surface area contributed by atoms with E-state index >= 15 is 0 Å². The van der Waals surface area contributed by atoms with Crippen LogP contribution in [-0.2, 0) is 14.4 Å². The predicted molar refractivity (Wildman–Crippen MR) is 52.0 cm³/mol. The lowest BCUT2D eigenvalue weighted by molar-refractivity contribution is -0.156. The highest BCUT2D eigenvalue weighted by Crippen LogP contribution is 2.01. The standard InChI is InChI=1S/C9H18N2O3/c1-2-3-4-5-6-8(12)11-14-9(13)7-10/h2-7,10H2,1H3,(H,11,12). The van der Waals surface area contributed by atoms with Crippen LogP contribution in [0.5, 0.6) is 0 Å². The molecule has 14 heavy (non-hydrogen) atoms. The summed E-state index contributed by atoms with van der Waals surface area (Å²) in [6, 6.07) is 0. The van der Waals surface area contributed by atoms with Gasteiger partial charge in [-0.15, -0.1) is 0 Å². The number of unbranched alkanes of at least 4 members (excludes halogenated alkanes) is 3. The Kier molecular flexibility index (Phi) is 7.83. The molecular formula is C9H18N2O3. The van der Waals surface area contributed by atoms with Gasteiger partial charge in [-0.3, -0.25) is 4.79 Å². The molecule has 0 aliphatic rings. The summed E-state index contributed by atoms with van der Waals surface area (Å²) < 4.78 is 0. The Morgan fingerprint density at radius 3 is 2.57 bits per heavy atom. The van der Waals surface area contributed by atoms with E-state index in [0.717, 1.165) is 25.7 Å². The fourth-order valence-corrected chi connectivity index (χ4v) is 0.919. The van der Waals surface area contributed by atoms with E-state index < -0.39 is 5.97 Å². The topological polar surface area (TPSA) is 81.4 Å². The monoisotopic (exact) mass is 202 g/mol. The molecule has 3 N–H and O–H groups in total. The number of carbonyl (C=O) groups excluding carboxylic acids is 2. The predicted octanol–water partition coefficient (Wildman–Crippen LogP) is 0.490. The zero-order valence-electron chi connectivity index (χ0n) is 8.54. The van der Waals surface area contributed by atoms with Gasteiger partial charge in [0.25, 0.3) is 5.91 Å². The summed E-state index contributed by atoms with van der Waals surface area (Å²) in [5.74, 6) is -0.908. The van der Waals surface area contributed by atoms with Crippen LogP contribution in [0.15, 0.2) is 0 Å². The molecule has 82 valence electrons. The summed E-state index contributed by atoms with van der Waals surface area (Å²) >= 11 is 0.